The Balaban J connectivity index is 1.34. The van der Waals surface area contributed by atoms with Crippen molar-refractivity contribution in [2.45, 2.75) is 13.5 Å². The van der Waals surface area contributed by atoms with Crippen LogP contribution in [0.2, 0.25) is 0 Å². The van der Waals surface area contributed by atoms with E-state index in [9.17, 15) is 4.79 Å². The van der Waals surface area contributed by atoms with Crippen LogP contribution in [0.15, 0.2) is 54.6 Å². The molecule has 138 valence electrons. The van der Waals surface area contributed by atoms with Crippen LogP contribution in [0, 0.1) is 6.92 Å². The van der Waals surface area contributed by atoms with Gasteiger partial charge in [0.05, 0.1) is 0 Å². The van der Waals surface area contributed by atoms with E-state index in [0.29, 0.717) is 18.9 Å². The quantitative estimate of drug-likeness (QED) is 0.710. The van der Waals surface area contributed by atoms with Gasteiger partial charge in [-0.2, -0.15) is 4.80 Å². The van der Waals surface area contributed by atoms with Crippen LogP contribution >= 0.6 is 0 Å². The summed E-state index contributed by atoms with van der Waals surface area (Å²) < 4.78 is 0. The summed E-state index contributed by atoms with van der Waals surface area (Å²) in [6, 6.07) is 18.2. The number of aryl methyl sites for hydroxylation is 1. The summed E-state index contributed by atoms with van der Waals surface area (Å²) in [5.74, 6) is 0.562. The molecule has 1 aliphatic rings. The number of hydrogen-bond acceptors (Lipinski definition) is 5. The van der Waals surface area contributed by atoms with Crippen molar-refractivity contribution in [3.63, 3.8) is 0 Å². The fraction of sp³-hybridized carbons (Fsp3) is 0.300. The number of amides is 1. The zero-order valence-corrected chi connectivity index (χ0v) is 15.3. The molecular weight excluding hydrogens is 340 g/mol. The molecule has 0 bridgehead atoms. The molecule has 2 aromatic carbocycles. The van der Waals surface area contributed by atoms with E-state index in [0.717, 1.165) is 18.7 Å². The molecular formula is C20H22N6O. The van der Waals surface area contributed by atoms with E-state index < -0.39 is 0 Å². The van der Waals surface area contributed by atoms with Gasteiger partial charge in [-0.1, -0.05) is 48.0 Å². The average molecular weight is 362 g/mol. The minimum Gasteiger partial charge on any atom is -0.368 e. The lowest BCUT2D eigenvalue weighted by Crippen LogP contribution is -2.49. The van der Waals surface area contributed by atoms with Crippen LogP contribution in [-0.4, -0.2) is 57.2 Å². The second-order valence-electron chi connectivity index (χ2n) is 6.71. The first-order valence-electron chi connectivity index (χ1n) is 9.12. The summed E-state index contributed by atoms with van der Waals surface area (Å²) in [5, 5.41) is 12.4. The summed E-state index contributed by atoms with van der Waals surface area (Å²) >= 11 is 0. The molecule has 27 heavy (non-hydrogen) atoms. The van der Waals surface area contributed by atoms with Crippen LogP contribution in [0.25, 0.3) is 11.4 Å². The minimum absolute atomic E-state index is 0.0237. The number of para-hydroxylation sites is 1. The normalized spacial score (nSPS) is 14.4. The summed E-state index contributed by atoms with van der Waals surface area (Å²) in [7, 11) is 0. The zero-order valence-electron chi connectivity index (χ0n) is 15.3. The maximum absolute atomic E-state index is 12.6. The molecule has 0 aliphatic carbocycles. The number of tetrazole rings is 1. The van der Waals surface area contributed by atoms with E-state index in [1.54, 1.807) is 0 Å². The average Bonchev–Trinajstić information content (AvgIpc) is 3.18. The molecule has 3 aromatic rings. The van der Waals surface area contributed by atoms with Crippen molar-refractivity contribution >= 4 is 11.6 Å². The summed E-state index contributed by atoms with van der Waals surface area (Å²) in [5.41, 5.74) is 3.28. The Morgan fingerprint density at radius 2 is 1.67 bits per heavy atom. The van der Waals surface area contributed by atoms with Crippen LogP contribution < -0.4 is 4.90 Å². The standard InChI is InChI=1S/C20H22N6O/c1-16-7-9-17(10-8-16)20-21-23-26(22-20)15-19(27)25-13-11-24(12-14-25)18-5-3-2-4-6-18/h2-10H,11-15H2,1H3. The van der Waals surface area contributed by atoms with Crippen molar-refractivity contribution in [3.05, 3.63) is 60.2 Å². The number of carbonyl (C=O) groups excluding carboxylic acids is 1. The van der Waals surface area contributed by atoms with Gasteiger partial charge in [0.15, 0.2) is 0 Å². The Morgan fingerprint density at radius 3 is 2.37 bits per heavy atom. The van der Waals surface area contributed by atoms with Crippen molar-refractivity contribution in [2.75, 3.05) is 31.1 Å². The summed E-state index contributed by atoms with van der Waals surface area (Å²) in [6.07, 6.45) is 0. The highest BCUT2D eigenvalue weighted by Gasteiger charge is 2.22. The second-order valence-corrected chi connectivity index (χ2v) is 6.71. The highest BCUT2D eigenvalue weighted by molar-refractivity contribution is 5.76. The van der Waals surface area contributed by atoms with Crippen molar-refractivity contribution in [1.82, 2.24) is 25.1 Å². The smallest absolute Gasteiger partial charge is 0.246 e. The molecule has 7 heteroatoms. The van der Waals surface area contributed by atoms with Gasteiger partial charge in [0.25, 0.3) is 0 Å². The predicted molar refractivity (Wildman–Crippen MR) is 103 cm³/mol. The fourth-order valence-corrected chi connectivity index (χ4v) is 3.20. The van der Waals surface area contributed by atoms with Crippen molar-refractivity contribution in [2.24, 2.45) is 0 Å². The first kappa shape index (κ1) is 17.2. The number of anilines is 1. The third kappa shape index (κ3) is 3.97. The lowest BCUT2D eigenvalue weighted by atomic mass is 10.1. The van der Waals surface area contributed by atoms with Gasteiger partial charge in [0.1, 0.15) is 6.54 Å². The van der Waals surface area contributed by atoms with E-state index in [1.807, 2.05) is 54.3 Å². The molecule has 0 saturated carbocycles. The molecule has 0 N–H and O–H groups in total. The second kappa shape index (κ2) is 7.57. The van der Waals surface area contributed by atoms with Gasteiger partial charge in [-0.05, 0) is 24.3 Å². The van der Waals surface area contributed by atoms with Gasteiger partial charge in [-0.25, -0.2) is 0 Å². The maximum atomic E-state index is 12.6. The molecule has 0 spiro atoms. The Hall–Kier alpha value is -3.22. The van der Waals surface area contributed by atoms with Gasteiger partial charge < -0.3 is 9.80 Å². The van der Waals surface area contributed by atoms with Gasteiger partial charge in [-0.3, -0.25) is 4.79 Å². The monoisotopic (exact) mass is 362 g/mol. The third-order valence-electron chi connectivity index (χ3n) is 4.79. The van der Waals surface area contributed by atoms with Crippen LogP contribution in [0.5, 0.6) is 0 Å². The fourth-order valence-electron chi connectivity index (χ4n) is 3.20. The Kier molecular flexibility index (Phi) is 4.82. The maximum Gasteiger partial charge on any atom is 0.246 e. The van der Waals surface area contributed by atoms with Crippen LogP contribution in [0.4, 0.5) is 5.69 Å². The molecule has 1 fully saturated rings. The van der Waals surface area contributed by atoms with Crippen LogP contribution in [0.1, 0.15) is 5.56 Å². The molecule has 1 saturated heterocycles. The lowest BCUT2D eigenvalue weighted by molar-refractivity contribution is -0.132. The Bertz CT molecular complexity index is 898. The minimum atomic E-state index is 0.0237. The summed E-state index contributed by atoms with van der Waals surface area (Å²) in [6.45, 7) is 5.21. The van der Waals surface area contributed by atoms with Gasteiger partial charge in [-0.15, -0.1) is 10.2 Å². The Labute approximate surface area is 158 Å². The number of benzene rings is 2. The molecule has 2 heterocycles. The lowest BCUT2D eigenvalue weighted by Gasteiger charge is -2.36. The van der Waals surface area contributed by atoms with Crippen molar-refractivity contribution in [1.29, 1.82) is 0 Å². The molecule has 0 atom stereocenters. The summed E-state index contributed by atoms with van der Waals surface area (Å²) in [4.78, 5) is 18.1. The zero-order chi connectivity index (χ0) is 18.6. The predicted octanol–water partition coefficient (Wildman–Crippen LogP) is 2.00. The first-order valence-corrected chi connectivity index (χ1v) is 9.12. The van der Waals surface area contributed by atoms with Gasteiger partial charge in [0.2, 0.25) is 11.7 Å². The van der Waals surface area contributed by atoms with E-state index in [1.165, 1.54) is 16.0 Å². The van der Waals surface area contributed by atoms with E-state index in [2.05, 4.69) is 32.4 Å². The largest absolute Gasteiger partial charge is 0.368 e. The van der Waals surface area contributed by atoms with E-state index in [-0.39, 0.29) is 12.5 Å². The molecule has 0 unspecified atom stereocenters. The number of carbonyl (C=O) groups is 1. The highest BCUT2D eigenvalue weighted by atomic mass is 16.2. The van der Waals surface area contributed by atoms with E-state index in [4.69, 9.17) is 0 Å². The van der Waals surface area contributed by atoms with Gasteiger partial charge in [0, 0.05) is 37.4 Å². The van der Waals surface area contributed by atoms with E-state index >= 15 is 0 Å². The molecule has 4 rings (SSSR count). The van der Waals surface area contributed by atoms with Crippen molar-refractivity contribution in [3.8, 4) is 11.4 Å². The molecule has 1 aromatic heterocycles. The number of piperazine rings is 1. The van der Waals surface area contributed by atoms with Crippen LogP contribution in [-0.2, 0) is 11.3 Å². The number of rotatable bonds is 4. The van der Waals surface area contributed by atoms with Crippen LogP contribution in [0.3, 0.4) is 0 Å². The number of aromatic nitrogens is 4. The van der Waals surface area contributed by atoms with Crippen molar-refractivity contribution < 1.29 is 4.79 Å². The number of nitrogens with zero attached hydrogens (tertiary/aromatic N) is 6. The van der Waals surface area contributed by atoms with Gasteiger partial charge >= 0.3 is 0 Å². The molecule has 0 radical (unpaired) electrons. The molecule has 1 aliphatic heterocycles. The third-order valence-corrected chi connectivity index (χ3v) is 4.79. The molecule has 7 nitrogen and oxygen atoms in total. The first-order chi connectivity index (χ1) is 13.2. The number of hydrogen-bond donors (Lipinski definition) is 0. The SMILES string of the molecule is Cc1ccc(-c2nnn(CC(=O)N3CCN(c4ccccc4)CC3)n2)cc1. The molecule has 1 amide bonds. The topological polar surface area (TPSA) is 67.2 Å². The highest BCUT2D eigenvalue weighted by Crippen LogP contribution is 2.16. The Morgan fingerprint density at radius 1 is 0.963 bits per heavy atom.